The number of aromatic nitrogens is 1. The Morgan fingerprint density at radius 2 is 1.77 bits per heavy atom. The number of rotatable bonds is 4. The summed E-state index contributed by atoms with van der Waals surface area (Å²) >= 11 is 7.60. The highest BCUT2D eigenvalue weighted by Crippen LogP contribution is 2.16. The first kappa shape index (κ1) is 15.1. The second-order valence-electron chi connectivity index (χ2n) is 5.14. The number of thiazole rings is 1. The first-order valence-corrected chi connectivity index (χ1v) is 8.47. The Labute approximate surface area is 139 Å². The third kappa shape index (κ3) is 3.67. The van der Waals surface area contributed by atoms with Crippen molar-refractivity contribution in [2.24, 2.45) is 4.99 Å². The zero-order valence-electron chi connectivity index (χ0n) is 12.4. The summed E-state index contributed by atoms with van der Waals surface area (Å²) in [5.74, 6) is 0. The molecule has 0 aliphatic carbocycles. The second kappa shape index (κ2) is 6.95. The minimum absolute atomic E-state index is 0.735. The zero-order valence-corrected chi connectivity index (χ0v) is 13.9. The summed E-state index contributed by atoms with van der Waals surface area (Å²) in [7, 11) is 0. The Kier molecular flexibility index (Phi) is 4.76. The van der Waals surface area contributed by atoms with E-state index in [0.29, 0.717) is 0 Å². The molecular weight excluding hydrogens is 312 g/mol. The van der Waals surface area contributed by atoms with Gasteiger partial charge in [0.15, 0.2) is 4.80 Å². The molecule has 0 fully saturated rings. The maximum Gasteiger partial charge on any atom is 0.190 e. The van der Waals surface area contributed by atoms with E-state index in [1.54, 1.807) is 11.3 Å². The van der Waals surface area contributed by atoms with Crippen LogP contribution < -0.4 is 4.80 Å². The van der Waals surface area contributed by atoms with Crippen molar-refractivity contribution >= 4 is 28.6 Å². The molecule has 3 rings (SSSR count). The van der Waals surface area contributed by atoms with Crippen LogP contribution in [0.1, 0.15) is 11.3 Å². The van der Waals surface area contributed by atoms with Gasteiger partial charge in [-0.1, -0.05) is 41.9 Å². The predicted octanol–water partition coefficient (Wildman–Crippen LogP) is 4.99. The van der Waals surface area contributed by atoms with Gasteiger partial charge in [0.1, 0.15) is 0 Å². The molecule has 1 aromatic heterocycles. The third-order valence-electron chi connectivity index (χ3n) is 3.51. The highest BCUT2D eigenvalue weighted by atomic mass is 35.5. The van der Waals surface area contributed by atoms with Crippen molar-refractivity contribution in [3.05, 3.63) is 81.1 Å². The van der Waals surface area contributed by atoms with Crippen LogP contribution in [-0.2, 0) is 13.0 Å². The van der Waals surface area contributed by atoms with Crippen molar-refractivity contribution in [3.63, 3.8) is 0 Å². The molecule has 0 N–H and O–H groups in total. The molecule has 0 saturated carbocycles. The number of benzene rings is 2. The summed E-state index contributed by atoms with van der Waals surface area (Å²) < 4.78 is 2.27. The fourth-order valence-electron chi connectivity index (χ4n) is 2.29. The van der Waals surface area contributed by atoms with Gasteiger partial charge in [0.05, 0.1) is 5.69 Å². The molecular formula is C18H17ClN2S. The molecule has 2 aromatic carbocycles. The SMILES string of the molecule is Cc1csc(=Nc2ccc(Cl)cc2)n1CCc1ccccc1. The van der Waals surface area contributed by atoms with Crippen LogP contribution in [0.15, 0.2) is 65.0 Å². The van der Waals surface area contributed by atoms with E-state index in [2.05, 4.69) is 41.1 Å². The molecule has 0 atom stereocenters. The van der Waals surface area contributed by atoms with Crippen molar-refractivity contribution in [1.82, 2.24) is 4.57 Å². The Morgan fingerprint density at radius 3 is 2.50 bits per heavy atom. The Hall–Kier alpha value is -1.84. The van der Waals surface area contributed by atoms with Gasteiger partial charge < -0.3 is 4.57 Å². The Balaban J connectivity index is 1.86. The first-order valence-electron chi connectivity index (χ1n) is 7.21. The summed E-state index contributed by atoms with van der Waals surface area (Å²) in [4.78, 5) is 5.76. The minimum atomic E-state index is 0.735. The van der Waals surface area contributed by atoms with Gasteiger partial charge >= 0.3 is 0 Å². The van der Waals surface area contributed by atoms with Crippen molar-refractivity contribution in [2.75, 3.05) is 0 Å². The Bertz CT molecular complexity index is 801. The first-order chi connectivity index (χ1) is 10.7. The molecule has 0 spiro atoms. The van der Waals surface area contributed by atoms with Crippen LogP contribution in [0.2, 0.25) is 5.02 Å². The van der Waals surface area contributed by atoms with Gasteiger partial charge in [0.2, 0.25) is 0 Å². The van der Waals surface area contributed by atoms with E-state index >= 15 is 0 Å². The van der Waals surface area contributed by atoms with Gasteiger partial charge in [-0.15, -0.1) is 11.3 Å². The predicted molar refractivity (Wildman–Crippen MR) is 93.9 cm³/mol. The van der Waals surface area contributed by atoms with E-state index in [9.17, 15) is 0 Å². The van der Waals surface area contributed by atoms with E-state index in [-0.39, 0.29) is 0 Å². The van der Waals surface area contributed by atoms with E-state index < -0.39 is 0 Å². The van der Waals surface area contributed by atoms with Crippen LogP contribution in [0.25, 0.3) is 0 Å². The molecule has 0 amide bonds. The third-order valence-corrected chi connectivity index (χ3v) is 4.74. The molecule has 0 radical (unpaired) electrons. The van der Waals surface area contributed by atoms with Gasteiger partial charge in [0.25, 0.3) is 0 Å². The lowest BCUT2D eigenvalue weighted by Gasteiger charge is -2.06. The molecule has 0 aliphatic rings. The monoisotopic (exact) mass is 328 g/mol. The van der Waals surface area contributed by atoms with Gasteiger partial charge in [0, 0.05) is 22.6 Å². The van der Waals surface area contributed by atoms with Crippen molar-refractivity contribution in [1.29, 1.82) is 0 Å². The number of halogens is 1. The maximum absolute atomic E-state index is 5.92. The van der Waals surface area contributed by atoms with Crippen LogP contribution in [0.5, 0.6) is 0 Å². The average Bonchev–Trinajstić information content (AvgIpc) is 2.89. The summed E-state index contributed by atoms with van der Waals surface area (Å²) in [6.45, 7) is 3.06. The topological polar surface area (TPSA) is 17.3 Å². The molecule has 1 heterocycles. The summed E-state index contributed by atoms with van der Waals surface area (Å²) in [6.07, 6.45) is 1.01. The second-order valence-corrected chi connectivity index (χ2v) is 6.41. The summed E-state index contributed by atoms with van der Waals surface area (Å²) in [5.41, 5.74) is 3.52. The van der Waals surface area contributed by atoms with Crippen molar-refractivity contribution in [2.45, 2.75) is 19.9 Å². The molecule has 2 nitrogen and oxygen atoms in total. The van der Waals surface area contributed by atoms with Gasteiger partial charge in [-0.2, -0.15) is 0 Å². The summed E-state index contributed by atoms with van der Waals surface area (Å²) in [5, 5.41) is 2.89. The van der Waals surface area contributed by atoms with Crippen molar-refractivity contribution in [3.8, 4) is 0 Å². The lowest BCUT2D eigenvalue weighted by molar-refractivity contribution is 0.658. The fourth-order valence-corrected chi connectivity index (χ4v) is 3.34. The molecule has 22 heavy (non-hydrogen) atoms. The normalized spacial score (nSPS) is 11.8. The van der Waals surface area contributed by atoms with Gasteiger partial charge in [-0.05, 0) is 43.2 Å². The number of aryl methyl sites for hydroxylation is 2. The van der Waals surface area contributed by atoms with E-state index in [0.717, 1.165) is 28.5 Å². The largest absolute Gasteiger partial charge is 0.321 e. The zero-order chi connectivity index (χ0) is 15.4. The summed E-state index contributed by atoms with van der Waals surface area (Å²) in [6, 6.07) is 18.2. The van der Waals surface area contributed by atoms with Crippen LogP contribution in [-0.4, -0.2) is 4.57 Å². The molecule has 3 aromatic rings. The maximum atomic E-state index is 5.92. The van der Waals surface area contributed by atoms with E-state index in [1.807, 2.05) is 30.3 Å². The molecule has 4 heteroatoms. The number of hydrogen-bond acceptors (Lipinski definition) is 2. The highest BCUT2D eigenvalue weighted by molar-refractivity contribution is 7.07. The van der Waals surface area contributed by atoms with Gasteiger partial charge in [-0.25, -0.2) is 4.99 Å². The van der Waals surface area contributed by atoms with Crippen LogP contribution in [0.3, 0.4) is 0 Å². The van der Waals surface area contributed by atoms with Crippen LogP contribution in [0, 0.1) is 6.92 Å². The molecule has 0 unspecified atom stereocenters. The molecule has 112 valence electrons. The van der Waals surface area contributed by atoms with E-state index in [1.165, 1.54) is 11.3 Å². The highest BCUT2D eigenvalue weighted by Gasteiger charge is 2.02. The smallest absolute Gasteiger partial charge is 0.190 e. The number of nitrogens with zero attached hydrogens (tertiary/aromatic N) is 2. The lowest BCUT2D eigenvalue weighted by Crippen LogP contribution is -2.17. The van der Waals surface area contributed by atoms with Crippen LogP contribution in [0.4, 0.5) is 5.69 Å². The standard InChI is InChI=1S/C18H17ClN2S/c1-14-13-22-18(20-17-9-7-16(19)8-10-17)21(14)12-11-15-5-3-2-4-6-15/h2-10,13H,11-12H2,1H3. The molecule has 0 saturated heterocycles. The van der Waals surface area contributed by atoms with E-state index in [4.69, 9.17) is 16.6 Å². The Morgan fingerprint density at radius 1 is 1.05 bits per heavy atom. The quantitative estimate of drug-likeness (QED) is 0.642. The molecule has 0 aliphatic heterocycles. The molecule has 0 bridgehead atoms. The fraction of sp³-hybridized carbons (Fsp3) is 0.167. The van der Waals surface area contributed by atoms with Gasteiger partial charge in [-0.3, -0.25) is 0 Å². The lowest BCUT2D eigenvalue weighted by atomic mass is 10.1. The average molecular weight is 329 g/mol. The van der Waals surface area contributed by atoms with Crippen LogP contribution >= 0.6 is 22.9 Å². The number of hydrogen-bond donors (Lipinski definition) is 0. The minimum Gasteiger partial charge on any atom is -0.321 e. The van der Waals surface area contributed by atoms with Crippen molar-refractivity contribution < 1.29 is 0 Å².